The van der Waals surface area contributed by atoms with E-state index >= 15 is 0 Å². The van der Waals surface area contributed by atoms with Gasteiger partial charge in [0.15, 0.2) is 0 Å². The lowest BCUT2D eigenvalue weighted by Crippen LogP contribution is -2.09. The van der Waals surface area contributed by atoms with Crippen LogP contribution < -0.4 is 4.74 Å². The number of hydrogen-bond donors (Lipinski definition) is 0. The molecule has 0 heterocycles. The summed E-state index contributed by atoms with van der Waals surface area (Å²) in [5.41, 5.74) is 0. The van der Waals surface area contributed by atoms with Crippen molar-refractivity contribution >= 4 is 17.6 Å². The molecule has 0 amide bonds. The normalized spacial score (nSPS) is 9.73. The molecule has 0 bridgehead atoms. The van der Waals surface area contributed by atoms with Crippen molar-refractivity contribution in [3.05, 3.63) is 29.3 Å². The molecule has 0 aliphatic heterocycles. The molecule has 0 saturated heterocycles. The number of para-hydroxylation sites is 1. The Kier molecular flexibility index (Phi) is 4.98. The molecule has 0 N–H and O–H groups in total. The molecule has 0 saturated carbocycles. The summed E-state index contributed by atoms with van der Waals surface area (Å²) >= 11 is 5.86. The van der Waals surface area contributed by atoms with Crippen LogP contribution >= 0.6 is 11.6 Å². The molecular formula is C11H13ClO3. The number of esters is 1. The van der Waals surface area contributed by atoms with Crippen molar-refractivity contribution in [1.82, 2.24) is 0 Å². The van der Waals surface area contributed by atoms with E-state index in [4.69, 9.17) is 21.1 Å². The zero-order valence-corrected chi connectivity index (χ0v) is 9.29. The zero-order chi connectivity index (χ0) is 11.1. The molecule has 82 valence electrons. The maximum atomic E-state index is 11.0. The second-order valence-electron chi connectivity index (χ2n) is 2.83. The number of carbonyl (C=O) groups excluding carboxylic acids is 1. The topological polar surface area (TPSA) is 35.5 Å². The Bertz CT molecular complexity index is 325. The Morgan fingerprint density at radius 2 is 2.13 bits per heavy atom. The fraction of sp³-hybridized carbons (Fsp3) is 0.364. The molecule has 4 heteroatoms. The predicted octanol–water partition coefficient (Wildman–Crippen LogP) is 2.67. The molecule has 1 aromatic rings. The van der Waals surface area contributed by atoms with Gasteiger partial charge in [-0.2, -0.15) is 0 Å². The summed E-state index contributed by atoms with van der Waals surface area (Å²) in [6, 6.07) is 7.14. The highest BCUT2D eigenvalue weighted by Gasteiger charge is 2.03. The standard InChI is InChI=1S/C11H13ClO3/c1-2-14-11(13)7-8-15-10-6-4-3-5-9(10)12/h3-6H,2,7-8H2,1H3. The summed E-state index contributed by atoms with van der Waals surface area (Å²) in [4.78, 5) is 11.0. The molecule has 3 nitrogen and oxygen atoms in total. The van der Waals surface area contributed by atoms with Crippen molar-refractivity contribution in [2.75, 3.05) is 13.2 Å². The highest BCUT2D eigenvalue weighted by Crippen LogP contribution is 2.22. The van der Waals surface area contributed by atoms with Gasteiger partial charge in [0, 0.05) is 0 Å². The van der Waals surface area contributed by atoms with Crippen molar-refractivity contribution in [3.63, 3.8) is 0 Å². The van der Waals surface area contributed by atoms with Crippen molar-refractivity contribution in [3.8, 4) is 5.75 Å². The van der Waals surface area contributed by atoms with Crippen molar-refractivity contribution in [1.29, 1.82) is 0 Å². The molecule has 0 aliphatic rings. The highest BCUT2D eigenvalue weighted by molar-refractivity contribution is 6.32. The van der Waals surface area contributed by atoms with Crippen molar-refractivity contribution in [2.45, 2.75) is 13.3 Å². The number of rotatable bonds is 5. The van der Waals surface area contributed by atoms with Gasteiger partial charge < -0.3 is 9.47 Å². The van der Waals surface area contributed by atoms with Crippen LogP contribution in [0.5, 0.6) is 5.75 Å². The van der Waals surface area contributed by atoms with E-state index in [9.17, 15) is 4.79 Å². The van der Waals surface area contributed by atoms with E-state index in [1.165, 1.54) is 0 Å². The largest absolute Gasteiger partial charge is 0.491 e. The lowest BCUT2D eigenvalue weighted by atomic mass is 10.3. The van der Waals surface area contributed by atoms with Gasteiger partial charge in [0.1, 0.15) is 5.75 Å². The van der Waals surface area contributed by atoms with Gasteiger partial charge in [0.05, 0.1) is 24.7 Å². The first-order chi connectivity index (χ1) is 7.24. The first kappa shape index (κ1) is 11.9. The van der Waals surface area contributed by atoms with E-state index < -0.39 is 0 Å². The second-order valence-corrected chi connectivity index (χ2v) is 3.24. The van der Waals surface area contributed by atoms with Crippen LogP contribution in [0.15, 0.2) is 24.3 Å². The molecule has 1 aromatic carbocycles. The average Bonchev–Trinajstić information content (AvgIpc) is 2.21. The average molecular weight is 229 g/mol. The fourth-order valence-electron chi connectivity index (χ4n) is 1.04. The second kappa shape index (κ2) is 6.30. The van der Waals surface area contributed by atoms with E-state index in [0.29, 0.717) is 17.4 Å². The Labute approximate surface area is 93.9 Å². The summed E-state index contributed by atoms with van der Waals surface area (Å²) < 4.78 is 10.1. The first-order valence-electron chi connectivity index (χ1n) is 4.77. The summed E-state index contributed by atoms with van der Waals surface area (Å²) in [6.07, 6.45) is 0.235. The molecule has 15 heavy (non-hydrogen) atoms. The van der Waals surface area contributed by atoms with E-state index in [1.54, 1.807) is 19.1 Å². The molecule has 0 radical (unpaired) electrons. The van der Waals surface area contributed by atoms with Crippen LogP contribution in [-0.4, -0.2) is 19.2 Å². The monoisotopic (exact) mass is 228 g/mol. The maximum absolute atomic E-state index is 11.0. The number of hydrogen-bond acceptors (Lipinski definition) is 3. The van der Waals surface area contributed by atoms with E-state index in [-0.39, 0.29) is 19.0 Å². The molecule has 0 fully saturated rings. The summed E-state index contributed by atoms with van der Waals surface area (Å²) in [6.45, 7) is 2.44. The van der Waals surface area contributed by atoms with Gasteiger partial charge in [-0.05, 0) is 19.1 Å². The van der Waals surface area contributed by atoms with Crippen LogP contribution in [-0.2, 0) is 9.53 Å². The molecule has 0 aromatic heterocycles. The van der Waals surface area contributed by atoms with Crippen LogP contribution in [0.4, 0.5) is 0 Å². The highest BCUT2D eigenvalue weighted by atomic mass is 35.5. The van der Waals surface area contributed by atoms with Gasteiger partial charge in [0.2, 0.25) is 0 Å². The van der Waals surface area contributed by atoms with Crippen LogP contribution in [0.3, 0.4) is 0 Å². The Morgan fingerprint density at radius 1 is 1.40 bits per heavy atom. The van der Waals surface area contributed by atoms with Gasteiger partial charge in [-0.15, -0.1) is 0 Å². The Hall–Kier alpha value is -1.22. The minimum Gasteiger partial charge on any atom is -0.491 e. The molecule has 0 unspecified atom stereocenters. The minimum absolute atomic E-state index is 0.235. The maximum Gasteiger partial charge on any atom is 0.309 e. The third-order valence-electron chi connectivity index (χ3n) is 1.71. The summed E-state index contributed by atoms with van der Waals surface area (Å²) in [5, 5.41) is 0.543. The third-order valence-corrected chi connectivity index (χ3v) is 2.02. The van der Waals surface area contributed by atoms with E-state index in [2.05, 4.69) is 0 Å². The number of ether oxygens (including phenoxy) is 2. The third kappa shape index (κ3) is 4.21. The summed E-state index contributed by atoms with van der Waals surface area (Å²) in [5.74, 6) is 0.327. The van der Waals surface area contributed by atoms with Gasteiger partial charge in [-0.25, -0.2) is 0 Å². The zero-order valence-electron chi connectivity index (χ0n) is 8.53. The Balaban J connectivity index is 2.32. The number of halogens is 1. The van der Waals surface area contributed by atoms with Gasteiger partial charge in [-0.3, -0.25) is 4.79 Å². The van der Waals surface area contributed by atoms with Crippen LogP contribution in [0, 0.1) is 0 Å². The molecule has 0 spiro atoms. The molecule has 1 rings (SSSR count). The number of carbonyl (C=O) groups is 1. The van der Waals surface area contributed by atoms with E-state index in [0.717, 1.165) is 0 Å². The van der Waals surface area contributed by atoms with Crippen LogP contribution in [0.25, 0.3) is 0 Å². The summed E-state index contributed by atoms with van der Waals surface area (Å²) in [7, 11) is 0. The fourth-order valence-corrected chi connectivity index (χ4v) is 1.23. The predicted molar refractivity (Wildman–Crippen MR) is 58.2 cm³/mol. The molecule has 0 aliphatic carbocycles. The minimum atomic E-state index is -0.260. The quantitative estimate of drug-likeness (QED) is 0.727. The van der Waals surface area contributed by atoms with Crippen molar-refractivity contribution < 1.29 is 14.3 Å². The lowest BCUT2D eigenvalue weighted by molar-refractivity contribution is -0.143. The first-order valence-corrected chi connectivity index (χ1v) is 5.14. The Morgan fingerprint density at radius 3 is 2.80 bits per heavy atom. The molecule has 0 atom stereocenters. The van der Waals surface area contributed by atoms with Gasteiger partial charge >= 0.3 is 5.97 Å². The SMILES string of the molecule is CCOC(=O)CCOc1ccccc1Cl. The lowest BCUT2D eigenvalue weighted by Gasteiger charge is -2.06. The smallest absolute Gasteiger partial charge is 0.309 e. The molecular weight excluding hydrogens is 216 g/mol. The van der Waals surface area contributed by atoms with E-state index in [1.807, 2.05) is 12.1 Å². The van der Waals surface area contributed by atoms with Crippen LogP contribution in [0.1, 0.15) is 13.3 Å². The van der Waals surface area contributed by atoms with Crippen molar-refractivity contribution in [2.24, 2.45) is 0 Å². The van der Waals surface area contributed by atoms with Gasteiger partial charge in [-0.1, -0.05) is 23.7 Å². The van der Waals surface area contributed by atoms with Gasteiger partial charge in [0.25, 0.3) is 0 Å². The van der Waals surface area contributed by atoms with Crippen LogP contribution in [0.2, 0.25) is 5.02 Å². The number of benzene rings is 1.